The molecule has 2 aromatic carbocycles. The van der Waals surface area contributed by atoms with E-state index < -0.39 is 54.8 Å². The van der Waals surface area contributed by atoms with E-state index in [1.807, 2.05) is 0 Å². The standard InChI is InChI=1S/C27H26N4O9/c1-16(33)31-20-5-3-2-4-19(20)30(13-25(35)28-18(14-32)11-27(37)38)26(36)12-23(31)29-24(34)9-7-17-6-8-21-22(10-17)40-15-39-21/h2-10,14,18,23H,11-13,15H2,1H3,(H,28,35)(H,29,34)(H,37,38)/t18-,23-/m0/s1. The first-order chi connectivity index (χ1) is 19.2. The fraction of sp³-hybridized carbons (Fsp3) is 0.259. The van der Waals surface area contributed by atoms with Crippen LogP contribution in [0.4, 0.5) is 11.4 Å². The summed E-state index contributed by atoms with van der Waals surface area (Å²) in [5.41, 5.74) is 1.17. The van der Waals surface area contributed by atoms with Crippen molar-refractivity contribution in [1.82, 2.24) is 10.6 Å². The maximum absolute atomic E-state index is 13.3. The average molecular weight is 551 g/mol. The van der Waals surface area contributed by atoms with Gasteiger partial charge in [-0.2, -0.15) is 0 Å². The highest BCUT2D eigenvalue weighted by Crippen LogP contribution is 2.35. The number of carbonyl (C=O) groups is 6. The second-order valence-corrected chi connectivity index (χ2v) is 8.94. The summed E-state index contributed by atoms with van der Waals surface area (Å²) in [6.45, 7) is 0.849. The summed E-state index contributed by atoms with van der Waals surface area (Å²) in [7, 11) is 0. The SMILES string of the molecule is CC(=O)N1c2ccccc2N(CC(=O)N[C@H](C=O)CC(=O)O)C(=O)C[C@H]1NC(=O)C=Cc1ccc2c(c1)OCO2. The van der Waals surface area contributed by atoms with Crippen LogP contribution in [0.3, 0.4) is 0 Å². The summed E-state index contributed by atoms with van der Waals surface area (Å²) >= 11 is 0. The average Bonchev–Trinajstić information content (AvgIpc) is 3.34. The van der Waals surface area contributed by atoms with E-state index in [1.165, 1.54) is 24.0 Å². The van der Waals surface area contributed by atoms with Crippen molar-refractivity contribution in [2.45, 2.75) is 32.0 Å². The highest BCUT2D eigenvalue weighted by atomic mass is 16.7. The van der Waals surface area contributed by atoms with Crippen molar-refractivity contribution in [1.29, 1.82) is 0 Å². The van der Waals surface area contributed by atoms with Crippen molar-refractivity contribution < 1.29 is 43.3 Å². The largest absolute Gasteiger partial charge is 0.481 e. The van der Waals surface area contributed by atoms with Gasteiger partial charge >= 0.3 is 5.97 Å². The number of hydrogen-bond donors (Lipinski definition) is 3. The summed E-state index contributed by atoms with van der Waals surface area (Å²) in [4.78, 5) is 76.1. The van der Waals surface area contributed by atoms with Gasteiger partial charge in [0.15, 0.2) is 11.5 Å². The number of para-hydroxylation sites is 2. The summed E-state index contributed by atoms with van der Waals surface area (Å²) in [6, 6.07) is 10.2. The number of hydrogen-bond acceptors (Lipinski definition) is 8. The number of anilines is 2. The van der Waals surface area contributed by atoms with Crippen LogP contribution in [0.5, 0.6) is 11.5 Å². The van der Waals surface area contributed by atoms with E-state index in [2.05, 4.69) is 10.6 Å². The number of aliphatic carboxylic acids is 1. The van der Waals surface area contributed by atoms with Gasteiger partial charge in [0.25, 0.3) is 0 Å². The molecule has 13 nitrogen and oxygen atoms in total. The predicted molar refractivity (Wildman–Crippen MR) is 140 cm³/mol. The molecule has 2 aliphatic heterocycles. The van der Waals surface area contributed by atoms with Crippen LogP contribution in [0, 0.1) is 0 Å². The molecule has 2 aliphatic rings. The van der Waals surface area contributed by atoms with Gasteiger partial charge < -0.3 is 34.9 Å². The molecule has 3 N–H and O–H groups in total. The molecule has 0 saturated carbocycles. The number of fused-ring (bicyclic) bond motifs is 2. The number of carboxylic acids is 1. The number of ether oxygens (including phenoxy) is 2. The number of rotatable bonds is 9. The molecular formula is C27H26N4O9. The lowest BCUT2D eigenvalue weighted by Gasteiger charge is -2.29. The van der Waals surface area contributed by atoms with Crippen LogP contribution in [-0.4, -0.2) is 66.5 Å². The number of carboxylic acid groups (broad SMARTS) is 1. The Labute approximate surface area is 228 Å². The summed E-state index contributed by atoms with van der Waals surface area (Å²) in [5.74, 6) is -2.54. The van der Waals surface area contributed by atoms with E-state index in [4.69, 9.17) is 14.6 Å². The highest BCUT2D eigenvalue weighted by molar-refractivity contribution is 6.08. The maximum Gasteiger partial charge on any atom is 0.305 e. The maximum atomic E-state index is 13.3. The van der Waals surface area contributed by atoms with Gasteiger partial charge in [0.05, 0.1) is 30.3 Å². The Kier molecular flexibility index (Phi) is 8.42. The monoisotopic (exact) mass is 550 g/mol. The van der Waals surface area contributed by atoms with E-state index in [0.717, 1.165) is 4.90 Å². The van der Waals surface area contributed by atoms with Gasteiger partial charge in [-0.3, -0.25) is 28.9 Å². The van der Waals surface area contributed by atoms with Gasteiger partial charge in [-0.1, -0.05) is 18.2 Å². The minimum absolute atomic E-state index is 0.111. The molecule has 13 heteroatoms. The van der Waals surface area contributed by atoms with Crippen LogP contribution in [0.15, 0.2) is 48.5 Å². The number of carbonyl (C=O) groups excluding carboxylic acids is 5. The Morgan fingerprint density at radius 2 is 1.82 bits per heavy atom. The first kappa shape index (κ1) is 27.8. The van der Waals surface area contributed by atoms with E-state index in [1.54, 1.807) is 42.5 Å². The lowest BCUT2D eigenvalue weighted by Crippen LogP contribution is -2.51. The Morgan fingerprint density at radius 1 is 1.10 bits per heavy atom. The third-order valence-electron chi connectivity index (χ3n) is 6.09. The molecular weight excluding hydrogens is 524 g/mol. The van der Waals surface area contributed by atoms with Crippen LogP contribution >= 0.6 is 0 Å². The van der Waals surface area contributed by atoms with Crippen molar-refractivity contribution in [2.24, 2.45) is 0 Å². The van der Waals surface area contributed by atoms with Crippen molar-refractivity contribution in [3.63, 3.8) is 0 Å². The third kappa shape index (κ3) is 6.43. The normalized spacial score (nSPS) is 16.6. The zero-order chi connectivity index (χ0) is 28.8. The second kappa shape index (κ2) is 12.1. The van der Waals surface area contributed by atoms with E-state index in [0.29, 0.717) is 23.3 Å². The molecule has 4 amide bonds. The molecule has 0 fully saturated rings. The fourth-order valence-corrected chi connectivity index (χ4v) is 4.36. The smallest absolute Gasteiger partial charge is 0.305 e. The molecule has 0 radical (unpaired) electrons. The molecule has 0 aromatic heterocycles. The van der Waals surface area contributed by atoms with E-state index >= 15 is 0 Å². The van der Waals surface area contributed by atoms with E-state index in [9.17, 15) is 28.8 Å². The first-order valence-electron chi connectivity index (χ1n) is 12.2. The minimum Gasteiger partial charge on any atom is -0.481 e. The molecule has 4 rings (SSSR count). The second-order valence-electron chi connectivity index (χ2n) is 8.94. The minimum atomic E-state index is -1.28. The van der Waals surface area contributed by atoms with Crippen molar-refractivity contribution in [3.05, 3.63) is 54.1 Å². The van der Waals surface area contributed by atoms with Gasteiger partial charge in [-0.05, 0) is 35.9 Å². The van der Waals surface area contributed by atoms with Crippen molar-refractivity contribution in [2.75, 3.05) is 23.1 Å². The van der Waals surface area contributed by atoms with Gasteiger partial charge in [0, 0.05) is 13.0 Å². The summed E-state index contributed by atoms with van der Waals surface area (Å²) < 4.78 is 10.6. The molecule has 2 aromatic rings. The molecule has 2 atom stereocenters. The molecule has 208 valence electrons. The number of nitrogens with one attached hydrogen (secondary N) is 2. The number of aldehydes is 1. The summed E-state index contributed by atoms with van der Waals surface area (Å²) in [5, 5.41) is 13.9. The fourth-order valence-electron chi connectivity index (χ4n) is 4.36. The van der Waals surface area contributed by atoms with Crippen molar-refractivity contribution in [3.8, 4) is 11.5 Å². The first-order valence-corrected chi connectivity index (χ1v) is 12.2. The van der Waals surface area contributed by atoms with E-state index in [-0.39, 0.29) is 24.6 Å². The number of benzene rings is 2. The molecule has 0 spiro atoms. The highest BCUT2D eigenvalue weighted by Gasteiger charge is 2.36. The Bertz CT molecular complexity index is 1390. The molecule has 2 heterocycles. The zero-order valence-corrected chi connectivity index (χ0v) is 21.4. The molecule has 0 bridgehead atoms. The lowest BCUT2D eigenvalue weighted by molar-refractivity contribution is -0.139. The predicted octanol–water partition coefficient (Wildman–Crippen LogP) is 0.819. The molecule has 0 unspecified atom stereocenters. The van der Waals surface area contributed by atoms with Crippen LogP contribution < -0.4 is 29.9 Å². The van der Waals surface area contributed by atoms with Crippen LogP contribution in [0.2, 0.25) is 0 Å². The molecule has 40 heavy (non-hydrogen) atoms. The Morgan fingerprint density at radius 3 is 2.52 bits per heavy atom. The number of amides is 4. The van der Waals surface area contributed by atoms with Gasteiger partial charge in [0.1, 0.15) is 19.0 Å². The molecule has 0 aliphatic carbocycles. The van der Waals surface area contributed by atoms with Crippen LogP contribution in [0.1, 0.15) is 25.3 Å². The zero-order valence-electron chi connectivity index (χ0n) is 21.4. The van der Waals surface area contributed by atoms with Crippen LogP contribution in [-0.2, 0) is 28.8 Å². The van der Waals surface area contributed by atoms with Gasteiger partial charge in [-0.25, -0.2) is 0 Å². The topological polar surface area (TPSA) is 172 Å². The summed E-state index contributed by atoms with van der Waals surface area (Å²) in [6.07, 6.45) is 1.03. The Hall–Kier alpha value is -5.20. The quantitative estimate of drug-likeness (QED) is 0.302. The Balaban J connectivity index is 1.54. The molecule has 0 saturated heterocycles. The van der Waals surface area contributed by atoms with Gasteiger partial charge in [0.2, 0.25) is 30.4 Å². The third-order valence-corrected chi connectivity index (χ3v) is 6.09. The van der Waals surface area contributed by atoms with Crippen LogP contribution in [0.25, 0.3) is 6.08 Å². The lowest BCUT2D eigenvalue weighted by atomic mass is 10.2. The van der Waals surface area contributed by atoms with Gasteiger partial charge in [-0.15, -0.1) is 0 Å². The van der Waals surface area contributed by atoms with Crippen molar-refractivity contribution >= 4 is 53.3 Å². The number of nitrogens with zero attached hydrogens (tertiary/aromatic N) is 2.